The molecule has 1 heterocycles. The van der Waals surface area contributed by atoms with E-state index in [0.29, 0.717) is 33.2 Å². The highest BCUT2D eigenvalue weighted by Gasteiger charge is 2.07. The summed E-state index contributed by atoms with van der Waals surface area (Å²) in [4.78, 5) is 8.40. The molecular formula is C16H11Cl2FN4. The first kappa shape index (κ1) is 15.5. The van der Waals surface area contributed by atoms with Crippen LogP contribution in [0.2, 0.25) is 10.0 Å². The van der Waals surface area contributed by atoms with E-state index in [4.69, 9.17) is 23.2 Å². The first-order valence-corrected chi connectivity index (χ1v) is 7.44. The topological polar surface area (TPSA) is 49.8 Å². The zero-order chi connectivity index (χ0) is 16.2. The van der Waals surface area contributed by atoms with Crippen LogP contribution >= 0.6 is 23.2 Å². The van der Waals surface area contributed by atoms with Crippen molar-refractivity contribution < 1.29 is 4.39 Å². The van der Waals surface area contributed by atoms with Gasteiger partial charge in [0.05, 0.1) is 15.7 Å². The van der Waals surface area contributed by atoms with Gasteiger partial charge in [0.15, 0.2) is 0 Å². The summed E-state index contributed by atoms with van der Waals surface area (Å²) in [6, 6.07) is 12.9. The summed E-state index contributed by atoms with van der Waals surface area (Å²) in [5.74, 6) is 0.491. The highest BCUT2D eigenvalue weighted by Crippen LogP contribution is 2.32. The van der Waals surface area contributed by atoms with Crippen LogP contribution in [-0.4, -0.2) is 9.97 Å². The minimum Gasteiger partial charge on any atom is -0.338 e. The van der Waals surface area contributed by atoms with Crippen LogP contribution in [0.3, 0.4) is 0 Å². The Bertz CT molecular complexity index is 822. The van der Waals surface area contributed by atoms with E-state index < -0.39 is 0 Å². The Morgan fingerprint density at radius 2 is 1.65 bits per heavy atom. The molecule has 2 N–H and O–H groups in total. The first-order valence-electron chi connectivity index (χ1n) is 6.68. The molecule has 0 atom stereocenters. The van der Waals surface area contributed by atoms with Crippen molar-refractivity contribution in [2.45, 2.75) is 0 Å². The van der Waals surface area contributed by atoms with Crippen molar-refractivity contribution in [3.05, 3.63) is 70.6 Å². The Morgan fingerprint density at radius 3 is 2.39 bits per heavy atom. The van der Waals surface area contributed by atoms with Gasteiger partial charge in [-0.3, -0.25) is 0 Å². The molecule has 0 saturated carbocycles. The molecule has 23 heavy (non-hydrogen) atoms. The fraction of sp³-hybridized carbons (Fsp3) is 0. The van der Waals surface area contributed by atoms with Crippen LogP contribution in [0.5, 0.6) is 0 Å². The van der Waals surface area contributed by atoms with Gasteiger partial charge in [-0.1, -0.05) is 35.3 Å². The molecule has 0 fully saturated rings. The van der Waals surface area contributed by atoms with Gasteiger partial charge in [-0.2, -0.15) is 4.98 Å². The predicted octanol–water partition coefficient (Wildman–Crippen LogP) is 5.41. The highest BCUT2D eigenvalue weighted by atomic mass is 35.5. The highest BCUT2D eigenvalue weighted by molar-refractivity contribution is 6.39. The fourth-order valence-electron chi connectivity index (χ4n) is 1.93. The normalized spacial score (nSPS) is 10.4. The fourth-order valence-corrected chi connectivity index (χ4v) is 2.42. The number of hydrogen-bond acceptors (Lipinski definition) is 4. The molecule has 116 valence electrons. The lowest BCUT2D eigenvalue weighted by atomic mass is 10.3. The monoisotopic (exact) mass is 348 g/mol. The molecule has 0 spiro atoms. The molecule has 3 aromatic rings. The molecule has 0 radical (unpaired) electrons. The van der Waals surface area contributed by atoms with E-state index in [2.05, 4.69) is 20.6 Å². The van der Waals surface area contributed by atoms with Crippen LogP contribution in [0.1, 0.15) is 0 Å². The third-order valence-electron chi connectivity index (χ3n) is 2.95. The van der Waals surface area contributed by atoms with E-state index in [1.165, 1.54) is 12.1 Å². The maximum atomic E-state index is 13.2. The molecule has 0 amide bonds. The summed E-state index contributed by atoms with van der Waals surface area (Å²) < 4.78 is 13.2. The smallest absolute Gasteiger partial charge is 0.229 e. The molecule has 0 bridgehead atoms. The molecule has 0 aliphatic heterocycles. The van der Waals surface area contributed by atoms with Crippen molar-refractivity contribution in [2.75, 3.05) is 10.6 Å². The second kappa shape index (κ2) is 6.81. The molecule has 7 heteroatoms. The van der Waals surface area contributed by atoms with Gasteiger partial charge in [-0.25, -0.2) is 9.37 Å². The summed E-state index contributed by atoms with van der Waals surface area (Å²) in [6.07, 6.45) is 1.57. The van der Waals surface area contributed by atoms with Gasteiger partial charge in [0.1, 0.15) is 11.6 Å². The van der Waals surface area contributed by atoms with Crippen LogP contribution in [0.15, 0.2) is 54.7 Å². The molecule has 0 saturated heterocycles. The first-order chi connectivity index (χ1) is 11.1. The van der Waals surface area contributed by atoms with Crippen LogP contribution in [0, 0.1) is 5.82 Å². The Labute approximate surface area is 142 Å². The third kappa shape index (κ3) is 3.88. The Balaban J connectivity index is 1.83. The largest absolute Gasteiger partial charge is 0.338 e. The molecule has 0 aliphatic rings. The van der Waals surface area contributed by atoms with Gasteiger partial charge >= 0.3 is 0 Å². The zero-order valence-electron chi connectivity index (χ0n) is 11.7. The second-order valence-electron chi connectivity index (χ2n) is 4.62. The number of aromatic nitrogens is 2. The summed E-state index contributed by atoms with van der Waals surface area (Å²) in [5, 5.41) is 6.95. The molecule has 1 aromatic heterocycles. The number of nitrogens with one attached hydrogen (secondary N) is 2. The molecule has 0 unspecified atom stereocenters. The van der Waals surface area contributed by atoms with Crippen LogP contribution in [-0.2, 0) is 0 Å². The van der Waals surface area contributed by atoms with Crippen LogP contribution in [0.25, 0.3) is 0 Å². The number of para-hydroxylation sites is 1. The van der Waals surface area contributed by atoms with Crippen molar-refractivity contribution in [3.8, 4) is 0 Å². The lowest BCUT2D eigenvalue weighted by Crippen LogP contribution is -2.01. The van der Waals surface area contributed by atoms with Gasteiger partial charge in [0.25, 0.3) is 0 Å². The van der Waals surface area contributed by atoms with Crippen molar-refractivity contribution in [1.29, 1.82) is 0 Å². The summed E-state index contributed by atoms with van der Waals surface area (Å²) in [5.41, 5.74) is 1.11. The average molecular weight is 349 g/mol. The van der Waals surface area contributed by atoms with E-state index in [1.54, 1.807) is 42.6 Å². The van der Waals surface area contributed by atoms with E-state index in [0.717, 1.165) is 0 Å². The van der Waals surface area contributed by atoms with Gasteiger partial charge < -0.3 is 10.6 Å². The molecular weight excluding hydrogens is 338 g/mol. The molecule has 2 aromatic carbocycles. The number of nitrogens with zero attached hydrogens (tertiary/aromatic N) is 2. The Morgan fingerprint density at radius 1 is 0.913 bits per heavy atom. The maximum absolute atomic E-state index is 13.2. The third-order valence-corrected chi connectivity index (χ3v) is 3.58. The van der Waals surface area contributed by atoms with E-state index in [1.807, 2.05) is 0 Å². The summed E-state index contributed by atoms with van der Waals surface area (Å²) >= 11 is 12.2. The van der Waals surface area contributed by atoms with Gasteiger partial charge in [-0.05, 0) is 36.4 Å². The van der Waals surface area contributed by atoms with E-state index in [9.17, 15) is 4.39 Å². The number of halogens is 3. The lowest BCUT2D eigenvalue weighted by Gasteiger charge is -2.11. The van der Waals surface area contributed by atoms with Crippen molar-refractivity contribution in [1.82, 2.24) is 9.97 Å². The zero-order valence-corrected chi connectivity index (χ0v) is 13.2. The SMILES string of the molecule is Fc1cccc(Nc2nccc(Nc3c(Cl)cccc3Cl)n2)c1. The van der Waals surface area contributed by atoms with Gasteiger partial charge in [0.2, 0.25) is 5.95 Å². The maximum Gasteiger partial charge on any atom is 0.229 e. The molecule has 3 rings (SSSR count). The summed E-state index contributed by atoms with van der Waals surface area (Å²) in [7, 11) is 0. The van der Waals surface area contributed by atoms with Crippen LogP contribution in [0.4, 0.5) is 27.5 Å². The molecule has 0 aliphatic carbocycles. The number of benzene rings is 2. The average Bonchev–Trinajstić information content (AvgIpc) is 2.52. The number of hydrogen-bond donors (Lipinski definition) is 2. The predicted molar refractivity (Wildman–Crippen MR) is 91.5 cm³/mol. The van der Waals surface area contributed by atoms with E-state index in [-0.39, 0.29) is 5.82 Å². The Hall–Kier alpha value is -2.37. The lowest BCUT2D eigenvalue weighted by molar-refractivity contribution is 0.628. The number of rotatable bonds is 4. The van der Waals surface area contributed by atoms with Crippen molar-refractivity contribution in [3.63, 3.8) is 0 Å². The van der Waals surface area contributed by atoms with Gasteiger partial charge in [0, 0.05) is 11.9 Å². The van der Waals surface area contributed by atoms with Gasteiger partial charge in [-0.15, -0.1) is 0 Å². The summed E-state index contributed by atoms with van der Waals surface area (Å²) in [6.45, 7) is 0. The standard InChI is InChI=1S/C16H11Cl2FN4/c17-12-5-2-6-13(18)15(12)22-14-7-8-20-16(23-14)21-11-4-1-3-10(19)9-11/h1-9H,(H2,20,21,22,23). The minimum absolute atomic E-state index is 0.323. The van der Waals surface area contributed by atoms with Crippen molar-refractivity contribution in [2.24, 2.45) is 0 Å². The van der Waals surface area contributed by atoms with Crippen molar-refractivity contribution >= 4 is 46.3 Å². The van der Waals surface area contributed by atoms with Crippen LogP contribution < -0.4 is 10.6 Å². The minimum atomic E-state index is -0.341. The second-order valence-corrected chi connectivity index (χ2v) is 5.44. The molecule has 4 nitrogen and oxygen atoms in total. The quantitative estimate of drug-likeness (QED) is 0.661. The number of anilines is 4. The van der Waals surface area contributed by atoms with E-state index >= 15 is 0 Å². The Kier molecular flexibility index (Phi) is 4.60.